The fourth-order valence-corrected chi connectivity index (χ4v) is 3.44. The second kappa shape index (κ2) is 7.93. The summed E-state index contributed by atoms with van der Waals surface area (Å²) < 4.78 is 21.7. The molecule has 0 saturated heterocycles. The van der Waals surface area contributed by atoms with E-state index in [1.54, 1.807) is 22.9 Å². The summed E-state index contributed by atoms with van der Waals surface area (Å²) in [5, 5.41) is 8.48. The largest absolute Gasteiger partial charge is 0.489 e. The van der Waals surface area contributed by atoms with Gasteiger partial charge in [0.05, 0.1) is 5.39 Å². The topological polar surface area (TPSA) is 64.9 Å². The van der Waals surface area contributed by atoms with Gasteiger partial charge >= 0.3 is 0 Å². The summed E-state index contributed by atoms with van der Waals surface area (Å²) >= 11 is 3.45. The lowest BCUT2D eigenvalue weighted by molar-refractivity contribution is 0.300. The Hall–Kier alpha value is -3.00. The summed E-state index contributed by atoms with van der Waals surface area (Å²) in [6, 6.07) is 14.3. The molecule has 0 saturated carbocycles. The average molecular weight is 442 g/mol. The second-order valence-corrected chi connectivity index (χ2v) is 6.96. The van der Waals surface area contributed by atoms with Crippen molar-refractivity contribution in [2.75, 3.05) is 5.32 Å². The van der Waals surface area contributed by atoms with Crippen molar-refractivity contribution in [1.82, 2.24) is 19.7 Å². The highest BCUT2D eigenvalue weighted by atomic mass is 79.9. The predicted molar refractivity (Wildman–Crippen MR) is 109 cm³/mol. The summed E-state index contributed by atoms with van der Waals surface area (Å²) in [6.45, 7) is 0.777. The Morgan fingerprint density at radius 3 is 2.68 bits per heavy atom. The van der Waals surface area contributed by atoms with Crippen LogP contribution in [0.15, 0.2) is 59.5 Å². The zero-order valence-electron chi connectivity index (χ0n) is 15.1. The molecule has 4 aromatic rings. The first-order valence-electron chi connectivity index (χ1n) is 8.64. The van der Waals surface area contributed by atoms with Crippen molar-refractivity contribution in [3.63, 3.8) is 0 Å². The molecule has 8 heteroatoms. The first-order valence-corrected chi connectivity index (χ1v) is 9.43. The van der Waals surface area contributed by atoms with Gasteiger partial charge in [-0.25, -0.2) is 19.0 Å². The van der Waals surface area contributed by atoms with Gasteiger partial charge in [0.1, 0.15) is 34.9 Å². The number of halogens is 2. The highest BCUT2D eigenvalue weighted by Gasteiger charge is 2.13. The van der Waals surface area contributed by atoms with Crippen LogP contribution in [0.3, 0.4) is 0 Å². The molecule has 2 aromatic heterocycles. The van der Waals surface area contributed by atoms with Crippen LogP contribution in [-0.2, 0) is 20.2 Å². The molecule has 2 heterocycles. The number of nitrogens with zero attached hydrogens (tertiary/aromatic N) is 4. The van der Waals surface area contributed by atoms with Gasteiger partial charge in [0.25, 0.3) is 0 Å². The lowest BCUT2D eigenvalue weighted by Crippen LogP contribution is -2.03. The SMILES string of the molecule is Cn1nc(Br)c2c(NCc3ccc(OCc4ccccc4F)cc3)ncnc21. The van der Waals surface area contributed by atoms with Crippen LogP contribution in [0.1, 0.15) is 11.1 Å². The molecule has 0 unspecified atom stereocenters. The number of ether oxygens (including phenoxy) is 1. The summed E-state index contributed by atoms with van der Waals surface area (Å²) in [5.41, 5.74) is 2.34. The van der Waals surface area contributed by atoms with Gasteiger partial charge in [0.2, 0.25) is 0 Å². The summed E-state index contributed by atoms with van der Waals surface area (Å²) in [5.74, 6) is 1.14. The Labute approximate surface area is 169 Å². The number of aromatic nitrogens is 4. The highest BCUT2D eigenvalue weighted by molar-refractivity contribution is 9.10. The Morgan fingerprint density at radius 2 is 1.89 bits per heavy atom. The third kappa shape index (κ3) is 3.82. The highest BCUT2D eigenvalue weighted by Crippen LogP contribution is 2.27. The van der Waals surface area contributed by atoms with E-state index in [0.717, 1.165) is 16.6 Å². The maximum Gasteiger partial charge on any atom is 0.164 e. The number of aryl methyl sites for hydroxylation is 1. The average Bonchev–Trinajstić information content (AvgIpc) is 3.01. The molecule has 0 atom stereocenters. The molecule has 28 heavy (non-hydrogen) atoms. The molecule has 0 fully saturated rings. The van der Waals surface area contributed by atoms with Crippen LogP contribution in [0.25, 0.3) is 11.0 Å². The van der Waals surface area contributed by atoms with Crippen LogP contribution < -0.4 is 10.1 Å². The van der Waals surface area contributed by atoms with Crippen LogP contribution in [-0.4, -0.2) is 19.7 Å². The zero-order valence-corrected chi connectivity index (χ0v) is 16.6. The van der Waals surface area contributed by atoms with E-state index < -0.39 is 0 Å². The fourth-order valence-electron chi connectivity index (χ4n) is 2.84. The van der Waals surface area contributed by atoms with Crippen LogP contribution in [0, 0.1) is 5.82 Å². The summed E-state index contributed by atoms with van der Waals surface area (Å²) in [4.78, 5) is 8.58. The number of benzene rings is 2. The minimum absolute atomic E-state index is 0.193. The van der Waals surface area contributed by atoms with E-state index in [2.05, 4.69) is 36.3 Å². The van der Waals surface area contributed by atoms with E-state index in [1.165, 1.54) is 12.4 Å². The predicted octanol–water partition coefficient (Wildman–Crippen LogP) is 4.46. The number of fused-ring (bicyclic) bond motifs is 1. The van der Waals surface area contributed by atoms with Crippen LogP contribution >= 0.6 is 15.9 Å². The van der Waals surface area contributed by atoms with Crippen LogP contribution in [0.4, 0.5) is 10.2 Å². The molecule has 1 N–H and O–H groups in total. The Morgan fingerprint density at radius 1 is 1.11 bits per heavy atom. The number of rotatable bonds is 6. The Kier molecular flexibility index (Phi) is 5.21. The molecular formula is C20H17BrFN5O. The normalized spacial score (nSPS) is 11.0. The zero-order chi connectivity index (χ0) is 19.5. The quantitative estimate of drug-likeness (QED) is 0.478. The smallest absolute Gasteiger partial charge is 0.164 e. The Balaban J connectivity index is 1.41. The van der Waals surface area contributed by atoms with Crippen molar-refractivity contribution in [3.8, 4) is 5.75 Å². The van der Waals surface area contributed by atoms with E-state index in [0.29, 0.717) is 28.3 Å². The van der Waals surface area contributed by atoms with Gasteiger partial charge in [-0.15, -0.1) is 0 Å². The number of anilines is 1. The molecule has 6 nitrogen and oxygen atoms in total. The van der Waals surface area contributed by atoms with Crippen molar-refractivity contribution < 1.29 is 9.13 Å². The molecule has 0 radical (unpaired) electrons. The molecule has 0 aliphatic heterocycles. The third-order valence-corrected chi connectivity index (χ3v) is 4.87. The minimum atomic E-state index is -0.263. The van der Waals surface area contributed by atoms with Crippen molar-refractivity contribution in [2.45, 2.75) is 13.2 Å². The van der Waals surface area contributed by atoms with Gasteiger partial charge in [-0.05, 0) is 39.7 Å². The van der Waals surface area contributed by atoms with Crippen molar-refractivity contribution in [1.29, 1.82) is 0 Å². The molecule has 0 spiro atoms. The Bertz CT molecular complexity index is 1110. The standard InChI is InChI=1S/C20H17BrFN5O/c1-27-20-17(18(21)26-27)19(24-12-25-20)23-10-13-6-8-15(9-7-13)28-11-14-4-2-3-5-16(14)22/h2-9,12H,10-11H2,1H3,(H,23,24,25). The second-order valence-electron chi connectivity index (χ2n) is 6.21. The summed E-state index contributed by atoms with van der Waals surface area (Å²) in [6.07, 6.45) is 1.51. The van der Waals surface area contributed by atoms with E-state index in [1.807, 2.05) is 31.3 Å². The molecule has 4 rings (SSSR count). The fraction of sp³-hybridized carbons (Fsp3) is 0.150. The molecule has 0 aliphatic rings. The van der Waals surface area contributed by atoms with Crippen LogP contribution in [0.2, 0.25) is 0 Å². The maximum atomic E-state index is 13.7. The van der Waals surface area contributed by atoms with Crippen molar-refractivity contribution >= 4 is 32.8 Å². The van der Waals surface area contributed by atoms with Gasteiger partial charge in [0, 0.05) is 19.2 Å². The van der Waals surface area contributed by atoms with Gasteiger partial charge in [-0.3, -0.25) is 0 Å². The maximum absolute atomic E-state index is 13.7. The molecule has 2 aromatic carbocycles. The molecule has 0 aliphatic carbocycles. The molecule has 0 amide bonds. The van der Waals surface area contributed by atoms with E-state index >= 15 is 0 Å². The number of nitrogens with one attached hydrogen (secondary N) is 1. The van der Waals surface area contributed by atoms with E-state index in [9.17, 15) is 4.39 Å². The van der Waals surface area contributed by atoms with Gasteiger partial charge in [0.15, 0.2) is 5.65 Å². The lowest BCUT2D eigenvalue weighted by Gasteiger charge is -2.09. The van der Waals surface area contributed by atoms with Gasteiger partial charge in [-0.1, -0.05) is 30.3 Å². The monoisotopic (exact) mass is 441 g/mol. The van der Waals surface area contributed by atoms with Gasteiger partial charge < -0.3 is 10.1 Å². The molecule has 142 valence electrons. The van der Waals surface area contributed by atoms with Crippen molar-refractivity contribution in [2.24, 2.45) is 7.05 Å². The van der Waals surface area contributed by atoms with E-state index in [4.69, 9.17) is 4.74 Å². The summed E-state index contributed by atoms with van der Waals surface area (Å²) in [7, 11) is 1.84. The van der Waals surface area contributed by atoms with Gasteiger partial charge in [-0.2, -0.15) is 5.10 Å². The van der Waals surface area contributed by atoms with Crippen molar-refractivity contribution in [3.05, 3.63) is 76.4 Å². The number of hydrogen-bond donors (Lipinski definition) is 1. The lowest BCUT2D eigenvalue weighted by atomic mass is 10.2. The number of hydrogen-bond acceptors (Lipinski definition) is 5. The van der Waals surface area contributed by atoms with Crippen LogP contribution in [0.5, 0.6) is 5.75 Å². The first-order chi connectivity index (χ1) is 13.6. The minimum Gasteiger partial charge on any atom is -0.489 e. The first kappa shape index (κ1) is 18.4. The van der Waals surface area contributed by atoms with E-state index in [-0.39, 0.29) is 12.4 Å². The third-order valence-electron chi connectivity index (χ3n) is 4.31. The molecular weight excluding hydrogens is 425 g/mol. The molecule has 0 bridgehead atoms.